The van der Waals surface area contributed by atoms with Crippen LogP contribution in [0.15, 0.2) is 47.7 Å². The summed E-state index contributed by atoms with van der Waals surface area (Å²) in [7, 11) is 1.66. The van der Waals surface area contributed by atoms with Gasteiger partial charge in [-0.2, -0.15) is 10.2 Å². The summed E-state index contributed by atoms with van der Waals surface area (Å²) in [5.74, 6) is -3.56. The number of imide groups is 1. The van der Waals surface area contributed by atoms with Gasteiger partial charge < -0.3 is 19.9 Å². The second-order valence-corrected chi connectivity index (χ2v) is 19.1. The number of para-hydroxylation sites is 1. The summed E-state index contributed by atoms with van der Waals surface area (Å²) in [5, 5.41) is 13.5. The minimum absolute atomic E-state index is 0.0795. The van der Waals surface area contributed by atoms with Crippen molar-refractivity contribution in [1.29, 1.82) is 0 Å². The molecule has 5 saturated heterocycles. The molecule has 22 heteroatoms. The van der Waals surface area contributed by atoms with E-state index in [2.05, 4.69) is 30.6 Å². The quantitative estimate of drug-likeness (QED) is 0.153. The number of aryl methyl sites for hydroxylation is 1. The Labute approximate surface area is 381 Å². The monoisotopic (exact) mass is 931 g/mol. The lowest BCUT2D eigenvalue weighted by molar-refractivity contribution is -0.135. The van der Waals surface area contributed by atoms with Crippen molar-refractivity contribution >= 4 is 51.6 Å². The molecule has 6 fully saturated rings. The van der Waals surface area contributed by atoms with Gasteiger partial charge in [0, 0.05) is 71.7 Å². The molecule has 2 N–H and O–H groups in total. The van der Waals surface area contributed by atoms with Gasteiger partial charge in [0.25, 0.3) is 18.3 Å². The molecule has 0 spiro atoms. The first-order chi connectivity index (χ1) is 32.3. The average Bonchev–Trinajstić information content (AvgIpc) is 4.17. The van der Waals surface area contributed by atoms with Crippen LogP contribution < -0.4 is 26.1 Å². The second kappa shape index (κ2) is 17.0. The van der Waals surface area contributed by atoms with Crippen LogP contribution in [0.2, 0.25) is 0 Å². The van der Waals surface area contributed by atoms with Crippen LogP contribution in [0, 0.1) is 5.92 Å². The van der Waals surface area contributed by atoms with Crippen LogP contribution in [0.25, 0.3) is 16.7 Å². The van der Waals surface area contributed by atoms with E-state index in [1.54, 1.807) is 19.3 Å². The summed E-state index contributed by atoms with van der Waals surface area (Å²) in [6.07, 6.45) is 6.10. The highest BCUT2D eigenvalue weighted by molar-refractivity contribution is 6.08. The van der Waals surface area contributed by atoms with Crippen molar-refractivity contribution in [3.8, 4) is 0 Å². The minimum Gasteiger partial charge on any atom is -0.374 e. The molecular weight excluding hydrogens is 879 g/mol. The third-order valence-electron chi connectivity index (χ3n) is 15.1. The highest BCUT2D eigenvalue weighted by atomic mass is 19.3. The Balaban J connectivity index is 0.684. The zero-order chi connectivity index (χ0) is 46.3. The number of nitrogens with one attached hydrogen (secondary N) is 2. The zero-order valence-electron chi connectivity index (χ0n) is 37.1. The third kappa shape index (κ3) is 7.92. The standard InChI is InChI=1S/C45H53F4N13O5/c1-55-39-32(3-2-4-33(39)62(44(55)66)34-9-10-37(63)53-43(34)65)57-15-17-58(18-16-57)35-11-13-56(25-45(35,48)49)21-26-5-7-27(8-6-26)61-23-31(38(54-61)40(46)47)51-42(64)30-20-50-60-14-12-36(52-41(30)60)59-22-29-19-28(59)24-67-29/h2-4,12,14,20,23,26-29,34-35,40H,5-11,13,15-19,21-22,24-25H2,1H3,(H,51,64)(H,53,63,65)/t26-,27-,28-,29-,34?,35-/m1/s1. The number of imidazole rings is 1. The molecule has 356 valence electrons. The maximum Gasteiger partial charge on any atom is 0.329 e. The lowest BCUT2D eigenvalue weighted by Gasteiger charge is -2.47. The molecule has 5 aromatic rings. The number of benzene rings is 1. The van der Waals surface area contributed by atoms with Gasteiger partial charge >= 0.3 is 5.69 Å². The van der Waals surface area contributed by atoms with E-state index in [-0.39, 0.29) is 66.3 Å². The SMILES string of the molecule is Cn1c(=O)n(C2CCC(=O)NC2=O)c2cccc(N3CCN([C@@H]4CCN(C[C@H]5CC[C@H](n6cc(NC(=O)c7cnn8ccc(N9C[C@H]%10C[C@@H]9CO%10)nc78)c(C(F)F)n6)CC5)CC4(F)F)CC3)c21. The molecule has 1 unspecified atom stereocenters. The number of piperidine rings is 2. The van der Waals surface area contributed by atoms with Crippen molar-refractivity contribution in [2.45, 2.75) is 94.0 Å². The van der Waals surface area contributed by atoms with Gasteiger partial charge in [-0.25, -0.2) is 31.9 Å². The smallest absolute Gasteiger partial charge is 0.329 e. The maximum absolute atomic E-state index is 16.1. The third-order valence-corrected chi connectivity index (χ3v) is 15.1. The molecule has 18 nitrogen and oxygen atoms in total. The largest absolute Gasteiger partial charge is 0.374 e. The van der Waals surface area contributed by atoms with Gasteiger partial charge in [-0.15, -0.1) is 0 Å². The van der Waals surface area contributed by atoms with Crippen LogP contribution in [0.5, 0.6) is 0 Å². The van der Waals surface area contributed by atoms with Crippen LogP contribution >= 0.6 is 0 Å². The van der Waals surface area contributed by atoms with E-state index in [4.69, 9.17) is 9.72 Å². The van der Waals surface area contributed by atoms with Crippen LogP contribution in [0.4, 0.5) is 34.8 Å². The van der Waals surface area contributed by atoms with Gasteiger partial charge in [-0.1, -0.05) is 6.07 Å². The number of hydrogen-bond donors (Lipinski definition) is 2. The first kappa shape index (κ1) is 43.7. The summed E-state index contributed by atoms with van der Waals surface area (Å²) >= 11 is 0. The molecule has 3 amide bonds. The van der Waals surface area contributed by atoms with E-state index in [9.17, 15) is 28.0 Å². The number of nitrogens with zero attached hydrogens (tertiary/aromatic N) is 11. The Kier molecular flexibility index (Phi) is 11.1. The van der Waals surface area contributed by atoms with Crippen molar-refractivity contribution in [2.75, 3.05) is 74.1 Å². The first-order valence-electron chi connectivity index (χ1n) is 23.3. The van der Waals surface area contributed by atoms with Crippen LogP contribution in [0.1, 0.15) is 85.9 Å². The highest BCUT2D eigenvalue weighted by Gasteiger charge is 2.48. The van der Waals surface area contributed by atoms with Crippen LogP contribution in [-0.2, 0) is 21.4 Å². The number of likely N-dealkylation sites (tertiary alicyclic amines) is 1. The molecule has 1 aromatic carbocycles. The number of piperazine rings is 1. The number of rotatable bonds is 10. The average molecular weight is 932 g/mol. The lowest BCUT2D eigenvalue weighted by Crippen LogP contribution is -2.62. The fraction of sp³-hybridized carbons (Fsp3) is 0.578. The normalized spacial score (nSPS) is 27.2. The highest BCUT2D eigenvalue weighted by Crippen LogP contribution is 2.39. The summed E-state index contributed by atoms with van der Waals surface area (Å²) < 4.78 is 72.5. The van der Waals surface area contributed by atoms with Crippen molar-refractivity contribution in [3.05, 3.63) is 64.6 Å². The molecule has 6 aliphatic rings. The Hall–Kier alpha value is -5.87. The number of carbonyl (C=O) groups is 3. The van der Waals surface area contributed by atoms with Crippen molar-refractivity contribution in [3.63, 3.8) is 0 Å². The van der Waals surface area contributed by atoms with E-state index in [1.165, 1.54) is 30.7 Å². The van der Waals surface area contributed by atoms with Gasteiger partial charge in [0.05, 0.1) is 66.0 Å². The molecule has 4 atom stereocenters. The number of amides is 3. The Morgan fingerprint density at radius 3 is 2.52 bits per heavy atom. The minimum atomic E-state index is -2.94. The van der Waals surface area contributed by atoms with Crippen LogP contribution in [-0.4, -0.2) is 144 Å². The number of hydrogen-bond acceptors (Lipinski definition) is 12. The van der Waals surface area contributed by atoms with Gasteiger partial charge in [0.2, 0.25) is 11.8 Å². The topological polar surface area (TPSA) is 172 Å². The fourth-order valence-corrected chi connectivity index (χ4v) is 11.6. The maximum atomic E-state index is 16.1. The second-order valence-electron chi connectivity index (χ2n) is 19.1. The van der Waals surface area contributed by atoms with E-state index in [0.29, 0.717) is 94.2 Å². The summed E-state index contributed by atoms with van der Waals surface area (Å²) in [4.78, 5) is 64.3. The van der Waals surface area contributed by atoms with Crippen molar-refractivity contribution in [1.82, 2.24) is 48.6 Å². The van der Waals surface area contributed by atoms with E-state index >= 15 is 8.78 Å². The van der Waals surface area contributed by atoms with Gasteiger partial charge in [0.15, 0.2) is 11.3 Å². The summed E-state index contributed by atoms with van der Waals surface area (Å²) in [6.45, 7) is 3.85. The number of alkyl halides is 4. The molecule has 1 saturated carbocycles. The van der Waals surface area contributed by atoms with E-state index < -0.39 is 41.9 Å². The Morgan fingerprint density at radius 2 is 1.81 bits per heavy atom. The number of carbonyl (C=O) groups excluding carboxylic acids is 3. The predicted molar refractivity (Wildman–Crippen MR) is 237 cm³/mol. The fourth-order valence-electron chi connectivity index (χ4n) is 11.6. The number of aromatic nitrogens is 7. The van der Waals surface area contributed by atoms with E-state index in [1.807, 2.05) is 28.0 Å². The Morgan fingerprint density at radius 1 is 1.00 bits per heavy atom. The van der Waals surface area contributed by atoms with E-state index in [0.717, 1.165) is 24.9 Å². The predicted octanol–water partition coefficient (Wildman–Crippen LogP) is 3.99. The molecule has 11 rings (SSSR count). The summed E-state index contributed by atoms with van der Waals surface area (Å²) in [6, 6.07) is 5.68. The first-order valence-corrected chi connectivity index (χ1v) is 23.3. The number of halogens is 4. The molecule has 0 radical (unpaired) electrons. The molecule has 2 bridgehead atoms. The lowest BCUT2D eigenvalue weighted by atomic mass is 9.85. The Bertz CT molecular complexity index is 2790. The molecule has 1 aliphatic carbocycles. The van der Waals surface area contributed by atoms with Crippen molar-refractivity contribution < 1.29 is 36.7 Å². The number of fused-ring (bicyclic) bond motifs is 4. The van der Waals surface area contributed by atoms with Gasteiger partial charge in [0.1, 0.15) is 17.4 Å². The molecule has 5 aliphatic heterocycles. The zero-order valence-corrected chi connectivity index (χ0v) is 37.1. The van der Waals surface area contributed by atoms with Gasteiger partial charge in [-0.3, -0.25) is 43.3 Å². The molecule has 67 heavy (non-hydrogen) atoms. The van der Waals surface area contributed by atoms with Crippen LogP contribution in [0.3, 0.4) is 0 Å². The molecular formula is C45H53F4N13O5. The summed E-state index contributed by atoms with van der Waals surface area (Å²) in [5.41, 5.74) is 1.53. The van der Waals surface area contributed by atoms with Gasteiger partial charge in [-0.05, 0) is 69.1 Å². The number of morpholine rings is 1. The molecule has 9 heterocycles. The number of ether oxygens (including phenoxy) is 1. The number of anilines is 3. The van der Waals surface area contributed by atoms with Crippen molar-refractivity contribution in [2.24, 2.45) is 13.0 Å². The molecule has 4 aromatic heterocycles.